The van der Waals surface area contributed by atoms with E-state index in [0.717, 1.165) is 53.3 Å². The van der Waals surface area contributed by atoms with Gasteiger partial charge in [0, 0.05) is 37.9 Å². The molecule has 0 aromatic carbocycles. The molecule has 5 rings (SSSR count). The van der Waals surface area contributed by atoms with E-state index in [4.69, 9.17) is 4.98 Å². The maximum atomic E-state index is 14.7. The lowest BCUT2D eigenvalue weighted by Crippen LogP contribution is -2.47. The van der Waals surface area contributed by atoms with E-state index < -0.39 is 6.17 Å². The highest BCUT2D eigenvalue weighted by Crippen LogP contribution is 2.31. The van der Waals surface area contributed by atoms with Gasteiger partial charge in [0.25, 0.3) is 0 Å². The number of alkyl halides is 1. The molecule has 2 atom stereocenters. The summed E-state index contributed by atoms with van der Waals surface area (Å²) in [5, 5.41) is 11.0. The molecular weight excluding hydrogens is 433 g/mol. The van der Waals surface area contributed by atoms with Crippen molar-refractivity contribution >= 4 is 28.4 Å². The van der Waals surface area contributed by atoms with Gasteiger partial charge in [0.05, 0.1) is 11.7 Å². The van der Waals surface area contributed by atoms with Crippen LogP contribution in [-0.4, -0.2) is 72.9 Å². The zero-order valence-corrected chi connectivity index (χ0v) is 20.4. The van der Waals surface area contributed by atoms with Gasteiger partial charge in [-0.3, -0.25) is 0 Å². The summed E-state index contributed by atoms with van der Waals surface area (Å²) in [5.41, 5.74) is 4.32. The Bertz CT molecular complexity index is 1330. The van der Waals surface area contributed by atoms with Crippen LogP contribution in [0.15, 0.2) is 24.4 Å². The number of nitrogens with zero attached hydrogens (tertiary/aromatic N) is 7. The second-order valence-electron chi connectivity index (χ2n) is 9.17. The number of nitrogens with one attached hydrogen (secondary N) is 2. The first kappa shape index (κ1) is 22.5. The molecular formula is C24H32FN9. The van der Waals surface area contributed by atoms with Crippen LogP contribution in [0.5, 0.6) is 0 Å². The molecule has 4 aromatic rings. The van der Waals surface area contributed by atoms with Crippen molar-refractivity contribution in [2.24, 2.45) is 0 Å². The Morgan fingerprint density at radius 3 is 2.71 bits per heavy atom. The summed E-state index contributed by atoms with van der Waals surface area (Å²) >= 11 is 0. The Labute approximate surface area is 198 Å². The lowest BCUT2D eigenvalue weighted by Gasteiger charge is -2.34. The van der Waals surface area contributed by atoms with E-state index in [2.05, 4.69) is 55.9 Å². The number of hydrogen-bond acceptors (Lipinski definition) is 7. The SMILES string of the molecule is CCN1CC[C@H](Nc2nc(NC)c3c(-c4ccc5nc(C)n(C(C)C)c5n4)ccn3n2)[C@H](F)C1. The third-order valence-electron chi connectivity index (χ3n) is 6.64. The molecule has 5 heterocycles. The van der Waals surface area contributed by atoms with Crippen molar-refractivity contribution in [1.29, 1.82) is 0 Å². The number of halogens is 1. The number of hydrogen-bond donors (Lipinski definition) is 2. The zero-order chi connectivity index (χ0) is 24.0. The number of imidazole rings is 1. The molecule has 2 N–H and O–H groups in total. The molecule has 0 amide bonds. The van der Waals surface area contributed by atoms with Crippen LogP contribution in [0.3, 0.4) is 0 Å². The summed E-state index contributed by atoms with van der Waals surface area (Å²) in [5.74, 6) is 2.02. The number of fused-ring (bicyclic) bond motifs is 2. The van der Waals surface area contributed by atoms with Crippen molar-refractivity contribution in [1.82, 2.24) is 34.0 Å². The molecule has 34 heavy (non-hydrogen) atoms. The smallest absolute Gasteiger partial charge is 0.243 e. The van der Waals surface area contributed by atoms with Gasteiger partial charge in [-0.25, -0.2) is 18.9 Å². The number of rotatable bonds is 6. The largest absolute Gasteiger partial charge is 0.371 e. The number of piperidine rings is 1. The third-order valence-corrected chi connectivity index (χ3v) is 6.64. The standard InChI is InChI=1S/C24H32FN9/c1-6-32-11-10-19(17(25)13-32)29-24-30-22(26-5)21-16(9-12-33(21)31-24)18-7-8-20-23(28-18)34(14(2)3)15(4)27-20/h7-9,12,14,17,19H,6,10-11,13H2,1-5H3,(H2,26,29,30,31)/t17-,19+/m1/s1. The van der Waals surface area contributed by atoms with Crippen molar-refractivity contribution in [3.8, 4) is 11.3 Å². The Balaban J connectivity index is 1.51. The van der Waals surface area contributed by atoms with Gasteiger partial charge < -0.3 is 20.1 Å². The zero-order valence-electron chi connectivity index (χ0n) is 20.4. The number of likely N-dealkylation sites (tertiary alicyclic amines) is 1. The third kappa shape index (κ3) is 3.85. The van der Waals surface area contributed by atoms with Gasteiger partial charge in [-0.1, -0.05) is 6.92 Å². The van der Waals surface area contributed by atoms with Gasteiger partial charge in [-0.15, -0.1) is 5.10 Å². The molecule has 0 unspecified atom stereocenters. The molecule has 1 aliphatic heterocycles. The number of pyridine rings is 1. The molecule has 1 saturated heterocycles. The Hall–Kier alpha value is -3.27. The van der Waals surface area contributed by atoms with E-state index in [1.165, 1.54) is 0 Å². The van der Waals surface area contributed by atoms with E-state index in [0.29, 0.717) is 18.3 Å². The topological polar surface area (TPSA) is 88.2 Å². The number of anilines is 2. The minimum absolute atomic E-state index is 0.256. The van der Waals surface area contributed by atoms with Gasteiger partial charge >= 0.3 is 0 Å². The quantitative estimate of drug-likeness (QED) is 0.446. The molecule has 4 aromatic heterocycles. The van der Waals surface area contributed by atoms with Crippen LogP contribution in [-0.2, 0) is 0 Å². The van der Waals surface area contributed by atoms with E-state index >= 15 is 0 Å². The van der Waals surface area contributed by atoms with Crippen molar-refractivity contribution < 1.29 is 4.39 Å². The summed E-state index contributed by atoms with van der Waals surface area (Å²) in [6, 6.07) is 5.93. The van der Waals surface area contributed by atoms with Gasteiger partial charge in [0.2, 0.25) is 5.95 Å². The Morgan fingerprint density at radius 2 is 2.00 bits per heavy atom. The lowest BCUT2D eigenvalue weighted by molar-refractivity contribution is 0.131. The van der Waals surface area contributed by atoms with Crippen LogP contribution in [0.1, 0.15) is 39.1 Å². The number of aromatic nitrogens is 6. The highest BCUT2D eigenvalue weighted by molar-refractivity contribution is 5.89. The molecule has 0 aliphatic carbocycles. The molecule has 1 aliphatic rings. The van der Waals surface area contributed by atoms with Crippen molar-refractivity contribution in [3.63, 3.8) is 0 Å². The van der Waals surface area contributed by atoms with Crippen LogP contribution < -0.4 is 10.6 Å². The Morgan fingerprint density at radius 1 is 1.18 bits per heavy atom. The summed E-state index contributed by atoms with van der Waals surface area (Å²) < 4.78 is 18.6. The van der Waals surface area contributed by atoms with Crippen LogP contribution in [0, 0.1) is 6.92 Å². The first-order chi connectivity index (χ1) is 16.4. The summed E-state index contributed by atoms with van der Waals surface area (Å²) in [6.45, 7) is 10.5. The predicted molar refractivity (Wildman–Crippen MR) is 133 cm³/mol. The lowest BCUT2D eigenvalue weighted by atomic mass is 10.0. The maximum absolute atomic E-state index is 14.7. The second-order valence-corrected chi connectivity index (χ2v) is 9.17. The summed E-state index contributed by atoms with van der Waals surface area (Å²) in [4.78, 5) is 16.4. The molecule has 10 heteroatoms. The van der Waals surface area contributed by atoms with Crippen molar-refractivity contribution in [2.75, 3.05) is 37.3 Å². The monoisotopic (exact) mass is 465 g/mol. The molecule has 9 nitrogen and oxygen atoms in total. The van der Waals surface area contributed by atoms with Gasteiger partial charge in [0.15, 0.2) is 11.5 Å². The van der Waals surface area contributed by atoms with Crippen LogP contribution in [0.4, 0.5) is 16.2 Å². The fraction of sp³-hybridized carbons (Fsp3) is 0.500. The average molecular weight is 466 g/mol. The van der Waals surface area contributed by atoms with E-state index in [1.54, 1.807) is 4.52 Å². The summed E-state index contributed by atoms with van der Waals surface area (Å²) in [6.07, 6.45) is 1.65. The van der Waals surface area contributed by atoms with E-state index in [-0.39, 0.29) is 12.1 Å². The highest BCUT2D eigenvalue weighted by Gasteiger charge is 2.29. The Kier molecular flexibility index (Phi) is 5.85. The van der Waals surface area contributed by atoms with Crippen LogP contribution in [0.2, 0.25) is 0 Å². The molecule has 0 saturated carbocycles. The minimum Gasteiger partial charge on any atom is -0.371 e. The predicted octanol–water partition coefficient (Wildman–Crippen LogP) is 3.92. The molecule has 180 valence electrons. The van der Waals surface area contributed by atoms with E-state index in [9.17, 15) is 4.39 Å². The fourth-order valence-corrected chi connectivity index (χ4v) is 4.91. The average Bonchev–Trinajstić information content (AvgIpc) is 3.39. The molecule has 0 bridgehead atoms. The number of aryl methyl sites for hydroxylation is 1. The first-order valence-corrected chi connectivity index (χ1v) is 12.0. The highest BCUT2D eigenvalue weighted by atomic mass is 19.1. The van der Waals surface area contributed by atoms with Crippen LogP contribution in [0.25, 0.3) is 27.9 Å². The summed E-state index contributed by atoms with van der Waals surface area (Å²) in [7, 11) is 1.83. The van der Waals surface area contributed by atoms with E-state index in [1.807, 2.05) is 38.4 Å². The molecule has 0 radical (unpaired) electrons. The van der Waals surface area contributed by atoms with Gasteiger partial charge in [0.1, 0.15) is 23.0 Å². The van der Waals surface area contributed by atoms with Crippen LogP contribution >= 0.6 is 0 Å². The van der Waals surface area contributed by atoms with Gasteiger partial charge in [-0.05, 0) is 51.9 Å². The second kappa shape index (κ2) is 8.83. The molecule has 0 spiro atoms. The first-order valence-electron chi connectivity index (χ1n) is 12.0. The van der Waals surface area contributed by atoms with Crippen molar-refractivity contribution in [3.05, 3.63) is 30.2 Å². The van der Waals surface area contributed by atoms with Gasteiger partial charge in [-0.2, -0.15) is 4.98 Å². The fourth-order valence-electron chi connectivity index (χ4n) is 4.91. The van der Waals surface area contributed by atoms with Crippen molar-refractivity contribution in [2.45, 2.75) is 52.4 Å². The maximum Gasteiger partial charge on any atom is 0.243 e. The molecule has 1 fully saturated rings. The minimum atomic E-state index is -0.962. The normalized spacial score (nSPS) is 19.4.